The molecule has 0 amide bonds. The number of carboxylic acids is 1. The summed E-state index contributed by atoms with van der Waals surface area (Å²) >= 11 is 1.81. The van der Waals surface area contributed by atoms with E-state index >= 15 is 0 Å². The molecule has 1 aliphatic rings. The molecule has 100 valence electrons. The molecule has 0 aromatic heterocycles. The molecular weight excluding hydrogens is 262 g/mol. The number of nitrogens with one attached hydrogen (secondary N) is 1. The van der Waals surface area contributed by atoms with Gasteiger partial charge in [0.25, 0.3) is 0 Å². The SMILES string of the molecule is CSC1CCC(NS(=O)(=O)C(C)C(=O)O)CC1. The number of sulfonamides is 1. The van der Waals surface area contributed by atoms with Crippen LogP contribution in [0.4, 0.5) is 0 Å². The second-order valence-corrected chi connectivity index (χ2v) is 7.52. The second kappa shape index (κ2) is 6.06. The van der Waals surface area contributed by atoms with Crippen LogP contribution >= 0.6 is 11.8 Å². The lowest BCUT2D eigenvalue weighted by Crippen LogP contribution is -2.44. The molecule has 1 atom stereocenters. The summed E-state index contributed by atoms with van der Waals surface area (Å²) in [6.07, 6.45) is 5.60. The summed E-state index contributed by atoms with van der Waals surface area (Å²) in [5.41, 5.74) is 0. The summed E-state index contributed by atoms with van der Waals surface area (Å²) in [4.78, 5) is 10.7. The van der Waals surface area contributed by atoms with Crippen molar-refractivity contribution in [1.29, 1.82) is 0 Å². The van der Waals surface area contributed by atoms with Gasteiger partial charge in [-0.3, -0.25) is 4.79 Å². The van der Waals surface area contributed by atoms with Crippen molar-refractivity contribution in [3.63, 3.8) is 0 Å². The van der Waals surface area contributed by atoms with Crippen LogP contribution < -0.4 is 4.72 Å². The maximum Gasteiger partial charge on any atom is 0.323 e. The van der Waals surface area contributed by atoms with Gasteiger partial charge in [0, 0.05) is 11.3 Å². The van der Waals surface area contributed by atoms with Crippen molar-refractivity contribution in [2.45, 2.75) is 49.1 Å². The van der Waals surface area contributed by atoms with Crippen LogP contribution in [0.25, 0.3) is 0 Å². The zero-order valence-electron chi connectivity index (χ0n) is 10.0. The first kappa shape index (κ1) is 14.8. The molecule has 0 saturated heterocycles. The first-order valence-electron chi connectivity index (χ1n) is 5.63. The summed E-state index contributed by atoms with van der Waals surface area (Å²) in [7, 11) is -3.74. The van der Waals surface area contributed by atoms with Gasteiger partial charge in [0.15, 0.2) is 5.25 Å². The Morgan fingerprint density at radius 1 is 1.35 bits per heavy atom. The van der Waals surface area contributed by atoms with Crippen LogP contribution in [-0.4, -0.2) is 42.3 Å². The van der Waals surface area contributed by atoms with Crippen molar-refractivity contribution in [2.24, 2.45) is 0 Å². The van der Waals surface area contributed by atoms with Gasteiger partial charge in [-0.1, -0.05) is 0 Å². The summed E-state index contributed by atoms with van der Waals surface area (Å²) in [5.74, 6) is -1.31. The number of thioether (sulfide) groups is 1. The van der Waals surface area contributed by atoms with Crippen LogP contribution in [0.5, 0.6) is 0 Å². The molecule has 0 spiro atoms. The lowest BCUT2D eigenvalue weighted by atomic mass is 9.96. The molecule has 0 heterocycles. The molecule has 1 saturated carbocycles. The quantitative estimate of drug-likeness (QED) is 0.787. The van der Waals surface area contributed by atoms with E-state index in [0.717, 1.165) is 25.7 Å². The zero-order valence-corrected chi connectivity index (χ0v) is 11.7. The summed E-state index contributed by atoms with van der Waals surface area (Å²) in [6.45, 7) is 1.19. The van der Waals surface area contributed by atoms with E-state index in [-0.39, 0.29) is 6.04 Å². The smallest absolute Gasteiger partial charge is 0.323 e. The van der Waals surface area contributed by atoms with E-state index in [2.05, 4.69) is 11.0 Å². The second-order valence-electron chi connectivity index (χ2n) is 4.35. The van der Waals surface area contributed by atoms with E-state index in [9.17, 15) is 13.2 Å². The van der Waals surface area contributed by atoms with Crippen molar-refractivity contribution >= 4 is 27.8 Å². The predicted octanol–water partition coefficient (Wildman–Crippen LogP) is 1.05. The Hall–Kier alpha value is -0.270. The first-order valence-corrected chi connectivity index (χ1v) is 8.47. The standard InChI is InChI=1S/C10H19NO4S2/c1-7(10(12)13)17(14,15)11-8-3-5-9(16-2)6-4-8/h7-9,11H,3-6H2,1-2H3,(H,12,13). The number of aliphatic carboxylic acids is 1. The van der Waals surface area contributed by atoms with Gasteiger partial charge in [-0.05, 0) is 38.9 Å². The van der Waals surface area contributed by atoms with E-state index in [1.54, 1.807) is 11.8 Å². The van der Waals surface area contributed by atoms with Crippen LogP contribution in [0.2, 0.25) is 0 Å². The molecule has 7 heteroatoms. The molecule has 2 N–H and O–H groups in total. The molecule has 1 fully saturated rings. The molecule has 1 rings (SSSR count). The Labute approximate surface area is 106 Å². The molecule has 0 radical (unpaired) electrons. The van der Waals surface area contributed by atoms with Crippen LogP contribution in [0.15, 0.2) is 0 Å². The first-order chi connectivity index (χ1) is 7.86. The van der Waals surface area contributed by atoms with E-state index in [4.69, 9.17) is 5.11 Å². The van der Waals surface area contributed by atoms with Gasteiger partial charge in [0.2, 0.25) is 10.0 Å². The van der Waals surface area contributed by atoms with Gasteiger partial charge >= 0.3 is 5.97 Å². The molecule has 0 aromatic rings. The molecule has 0 aliphatic heterocycles. The van der Waals surface area contributed by atoms with Gasteiger partial charge in [-0.25, -0.2) is 13.1 Å². The van der Waals surface area contributed by atoms with Crippen molar-refractivity contribution in [1.82, 2.24) is 4.72 Å². The highest BCUT2D eigenvalue weighted by atomic mass is 32.2. The minimum absolute atomic E-state index is 0.106. The van der Waals surface area contributed by atoms with Gasteiger partial charge in [0.05, 0.1) is 0 Å². The molecule has 0 aromatic carbocycles. The molecule has 1 aliphatic carbocycles. The number of carbonyl (C=O) groups is 1. The number of rotatable bonds is 5. The number of hydrogen-bond acceptors (Lipinski definition) is 4. The summed E-state index contributed by atoms with van der Waals surface area (Å²) < 4.78 is 25.9. The molecule has 1 unspecified atom stereocenters. The minimum atomic E-state index is -3.74. The lowest BCUT2D eigenvalue weighted by molar-refractivity contribution is -0.136. The molecular formula is C10H19NO4S2. The van der Waals surface area contributed by atoms with Gasteiger partial charge in [-0.15, -0.1) is 0 Å². The van der Waals surface area contributed by atoms with Crippen LogP contribution in [-0.2, 0) is 14.8 Å². The Balaban J connectivity index is 2.53. The van der Waals surface area contributed by atoms with Crippen molar-refractivity contribution in [3.8, 4) is 0 Å². The highest BCUT2D eigenvalue weighted by Crippen LogP contribution is 2.27. The topological polar surface area (TPSA) is 83.5 Å². The monoisotopic (exact) mass is 281 g/mol. The Bertz CT molecular complexity index is 361. The minimum Gasteiger partial charge on any atom is -0.480 e. The van der Waals surface area contributed by atoms with Crippen molar-refractivity contribution in [3.05, 3.63) is 0 Å². The molecule has 0 bridgehead atoms. The Morgan fingerprint density at radius 3 is 2.29 bits per heavy atom. The van der Waals surface area contributed by atoms with Crippen molar-refractivity contribution in [2.75, 3.05) is 6.26 Å². The lowest BCUT2D eigenvalue weighted by Gasteiger charge is -2.28. The highest BCUT2D eigenvalue weighted by molar-refractivity contribution is 7.99. The van der Waals surface area contributed by atoms with Crippen molar-refractivity contribution < 1.29 is 18.3 Å². The van der Waals surface area contributed by atoms with Crippen LogP contribution in [0.3, 0.4) is 0 Å². The maximum atomic E-state index is 11.7. The van der Waals surface area contributed by atoms with Gasteiger partial charge in [0.1, 0.15) is 0 Å². The number of carboxylic acid groups (broad SMARTS) is 1. The van der Waals surface area contributed by atoms with E-state index in [1.165, 1.54) is 6.92 Å². The predicted molar refractivity (Wildman–Crippen MR) is 68.7 cm³/mol. The zero-order chi connectivity index (χ0) is 13.1. The van der Waals surface area contributed by atoms with Gasteiger partial charge < -0.3 is 5.11 Å². The van der Waals surface area contributed by atoms with Gasteiger partial charge in [-0.2, -0.15) is 11.8 Å². The fraction of sp³-hybridized carbons (Fsp3) is 0.900. The average Bonchev–Trinajstić information content (AvgIpc) is 2.28. The largest absolute Gasteiger partial charge is 0.480 e. The molecule has 17 heavy (non-hydrogen) atoms. The fourth-order valence-electron chi connectivity index (χ4n) is 1.88. The Morgan fingerprint density at radius 2 is 1.88 bits per heavy atom. The fourth-order valence-corrected chi connectivity index (χ4v) is 3.80. The third-order valence-corrected chi connectivity index (χ3v) is 6.08. The number of hydrogen-bond donors (Lipinski definition) is 2. The Kier molecular flexibility index (Phi) is 5.27. The van der Waals surface area contributed by atoms with Crippen LogP contribution in [0, 0.1) is 0 Å². The summed E-state index contributed by atoms with van der Waals surface area (Å²) in [6, 6.07) is -0.106. The maximum absolute atomic E-state index is 11.7. The molecule has 5 nitrogen and oxygen atoms in total. The normalized spacial score (nSPS) is 27.6. The van der Waals surface area contributed by atoms with Crippen LogP contribution in [0.1, 0.15) is 32.6 Å². The van der Waals surface area contributed by atoms with E-state index < -0.39 is 21.2 Å². The summed E-state index contributed by atoms with van der Waals surface area (Å²) in [5, 5.41) is 7.92. The highest BCUT2D eigenvalue weighted by Gasteiger charge is 2.31. The third-order valence-electron chi connectivity index (χ3n) is 3.15. The average molecular weight is 281 g/mol. The van der Waals surface area contributed by atoms with E-state index in [1.807, 2.05) is 0 Å². The third kappa shape index (κ3) is 4.15. The van der Waals surface area contributed by atoms with E-state index in [0.29, 0.717) is 5.25 Å².